The van der Waals surface area contributed by atoms with E-state index in [0.717, 1.165) is 12.1 Å². The van der Waals surface area contributed by atoms with E-state index < -0.39 is 28.0 Å². The lowest BCUT2D eigenvalue weighted by Crippen LogP contribution is -2.49. The fraction of sp³-hybridized carbons (Fsp3) is 0.370. The van der Waals surface area contributed by atoms with Crippen molar-refractivity contribution in [3.8, 4) is 28.6 Å². The number of nitrogens with two attached hydrogens (primary N) is 1. The van der Waals surface area contributed by atoms with Crippen molar-refractivity contribution in [3.05, 3.63) is 54.1 Å². The molecule has 1 atom stereocenters. The monoisotopic (exact) mass is 583 g/mol. The lowest BCUT2D eigenvalue weighted by Gasteiger charge is -2.45. The van der Waals surface area contributed by atoms with E-state index in [9.17, 15) is 28.3 Å². The first kappa shape index (κ1) is 30.2. The molecule has 1 saturated carbocycles. The second-order valence-corrected chi connectivity index (χ2v) is 11.0. The maximum atomic E-state index is 13.7. The number of benzene rings is 1. The molecule has 1 unspecified atom stereocenters. The highest BCUT2D eigenvalue weighted by Crippen LogP contribution is 2.47. The van der Waals surface area contributed by atoms with Crippen LogP contribution >= 0.6 is 0 Å². The van der Waals surface area contributed by atoms with Crippen molar-refractivity contribution in [2.24, 2.45) is 5.92 Å². The van der Waals surface area contributed by atoms with Gasteiger partial charge in [0, 0.05) is 23.5 Å². The standard InChI is InChI=1S/C27H23B3F3N7O3/c1-24(42,27(31,32)33)16-3-4-18(26(28,29)30)17(7-16)20-11-36-22-21(35)38-19(13-39(20)22)15-10-37-40(12-15)25(5-6-34)8-14(9-25)23(41)43-2/h3-4,7,10-14,42H,5,8-9H2,1-2H3,(H2,35,38). The van der Waals surface area contributed by atoms with E-state index in [1.807, 2.05) is 0 Å². The van der Waals surface area contributed by atoms with Crippen LogP contribution in [0.4, 0.5) is 19.0 Å². The van der Waals surface area contributed by atoms with Crippen LogP contribution in [0.3, 0.4) is 0 Å². The van der Waals surface area contributed by atoms with Gasteiger partial charge in [0.1, 0.15) is 0 Å². The first-order chi connectivity index (χ1) is 20.0. The van der Waals surface area contributed by atoms with Crippen LogP contribution in [0.25, 0.3) is 28.2 Å². The number of fused-ring (bicyclic) bond motifs is 1. The fourth-order valence-corrected chi connectivity index (χ4v) is 5.42. The first-order valence-electron chi connectivity index (χ1n) is 13.0. The zero-order valence-corrected chi connectivity index (χ0v) is 23.1. The second kappa shape index (κ2) is 10.2. The highest BCUT2D eigenvalue weighted by Gasteiger charge is 2.52. The summed E-state index contributed by atoms with van der Waals surface area (Å²) in [7, 11) is 19.2. The van der Waals surface area contributed by atoms with Crippen LogP contribution in [0.2, 0.25) is 0 Å². The molecule has 43 heavy (non-hydrogen) atoms. The quantitative estimate of drug-likeness (QED) is 0.250. The van der Waals surface area contributed by atoms with Crippen LogP contribution in [0.15, 0.2) is 43.0 Å². The van der Waals surface area contributed by atoms with Gasteiger partial charge in [0.15, 0.2) is 17.1 Å². The number of methoxy groups -OCH3 is 1. The Morgan fingerprint density at radius 2 is 1.95 bits per heavy atom. The zero-order chi connectivity index (χ0) is 31.5. The number of carbonyl (C=O) groups is 1. The maximum Gasteiger partial charge on any atom is 0.421 e. The number of anilines is 1. The van der Waals surface area contributed by atoms with Gasteiger partial charge < -0.3 is 15.6 Å². The predicted molar refractivity (Wildman–Crippen MR) is 152 cm³/mol. The summed E-state index contributed by atoms with van der Waals surface area (Å²) >= 11 is 0. The number of esters is 1. The number of aliphatic hydroxyl groups is 1. The molecule has 0 amide bonds. The van der Waals surface area contributed by atoms with Gasteiger partial charge in [-0.05, 0) is 31.4 Å². The molecule has 214 valence electrons. The van der Waals surface area contributed by atoms with Gasteiger partial charge in [-0.1, -0.05) is 17.7 Å². The van der Waals surface area contributed by atoms with E-state index in [1.54, 1.807) is 17.1 Å². The Balaban J connectivity index is 1.62. The molecule has 10 nitrogen and oxygen atoms in total. The number of ether oxygens (including phenoxy) is 1. The molecule has 1 aliphatic rings. The van der Waals surface area contributed by atoms with Gasteiger partial charge in [-0.3, -0.25) is 13.9 Å². The third-order valence-corrected chi connectivity index (χ3v) is 7.95. The molecule has 16 heteroatoms. The minimum Gasteiger partial charge on any atom is -0.469 e. The van der Waals surface area contributed by atoms with Gasteiger partial charge >= 0.3 is 12.1 Å². The summed E-state index contributed by atoms with van der Waals surface area (Å²) in [5.74, 6) is -0.713. The van der Waals surface area contributed by atoms with E-state index in [1.165, 1.54) is 30.0 Å². The van der Waals surface area contributed by atoms with Crippen molar-refractivity contribution in [2.45, 2.75) is 48.6 Å². The average molecular weight is 583 g/mol. The van der Waals surface area contributed by atoms with Gasteiger partial charge in [0.2, 0.25) is 0 Å². The summed E-state index contributed by atoms with van der Waals surface area (Å²) in [5.41, 5.74) is 3.23. The van der Waals surface area contributed by atoms with Crippen LogP contribution in [0.1, 0.15) is 37.3 Å². The number of aromatic nitrogens is 5. The van der Waals surface area contributed by atoms with Crippen LogP contribution < -0.4 is 5.73 Å². The Labute approximate surface area is 248 Å². The largest absolute Gasteiger partial charge is 0.469 e. The molecule has 1 aliphatic carbocycles. The molecule has 1 fully saturated rings. The number of hydrogen-bond donors (Lipinski definition) is 2. The van der Waals surface area contributed by atoms with Gasteiger partial charge in [-0.25, -0.2) is 9.97 Å². The van der Waals surface area contributed by atoms with Crippen LogP contribution in [-0.4, -0.2) is 72.0 Å². The summed E-state index contributed by atoms with van der Waals surface area (Å²) in [6, 6.07) is 5.52. The van der Waals surface area contributed by atoms with Crippen molar-refractivity contribution in [3.63, 3.8) is 0 Å². The minimum absolute atomic E-state index is 0.00265. The Bertz CT molecular complexity index is 1770. The molecule has 5 rings (SSSR count). The summed E-state index contributed by atoms with van der Waals surface area (Å²) in [6.07, 6.45) is 1.95. The molecule has 0 saturated heterocycles. The minimum atomic E-state index is -4.99. The normalized spacial score (nSPS) is 20.3. The fourth-order valence-electron chi connectivity index (χ4n) is 5.42. The predicted octanol–water partition coefficient (Wildman–Crippen LogP) is 2.42. The zero-order valence-electron chi connectivity index (χ0n) is 23.1. The van der Waals surface area contributed by atoms with Crippen LogP contribution in [0, 0.1) is 17.2 Å². The van der Waals surface area contributed by atoms with Crippen LogP contribution in [-0.2, 0) is 25.8 Å². The van der Waals surface area contributed by atoms with Crippen molar-refractivity contribution < 1.29 is 27.8 Å². The number of nitrogens with zero attached hydrogens (tertiary/aromatic N) is 6. The number of rotatable bonds is 7. The number of carbonyl (C=O) groups excluding carboxylic acids is 1. The molecule has 3 heterocycles. The molecule has 0 aliphatic heterocycles. The second-order valence-electron chi connectivity index (χ2n) is 11.0. The smallest absolute Gasteiger partial charge is 0.421 e. The third kappa shape index (κ3) is 5.05. The third-order valence-electron chi connectivity index (χ3n) is 7.95. The first-order valence-corrected chi connectivity index (χ1v) is 13.0. The van der Waals surface area contributed by atoms with Gasteiger partial charge in [-0.15, -0.1) is 5.11 Å². The highest BCUT2D eigenvalue weighted by molar-refractivity contribution is 6.59. The summed E-state index contributed by atoms with van der Waals surface area (Å²) in [6.45, 7) is 0.632. The number of alkyl halides is 3. The Kier molecular flexibility index (Phi) is 7.16. The molecule has 3 aromatic heterocycles. The van der Waals surface area contributed by atoms with Gasteiger partial charge in [-0.2, -0.15) is 23.5 Å². The highest BCUT2D eigenvalue weighted by atomic mass is 19.4. The van der Waals surface area contributed by atoms with Gasteiger partial charge in [0.05, 0.1) is 78.4 Å². The van der Waals surface area contributed by atoms with Crippen molar-refractivity contribution in [2.75, 3.05) is 12.8 Å². The molecule has 1 aromatic carbocycles. The number of imidazole rings is 1. The molecular weight excluding hydrogens is 560 g/mol. The Hall–Kier alpha value is -4.25. The summed E-state index contributed by atoms with van der Waals surface area (Å²) in [4.78, 5) is 20.7. The Morgan fingerprint density at radius 1 is 1.26 bits per heavy atom. The van der Waals surface area contributed by atoms with E-state index >= 15 is 0 Å². The number of hydrogen-bond acceptors (Lipinski definition) is 8. The SMILES string of the molecule is [B]C([B])([B])c1ccc(C(C)(O)C(F)(F)F)cc1-c1cnc2c(N)nc(-c3cnn(C4(CC#N)CC(C(=O)OC)C4)c3)cn12. The maximum absolute atomic E-state index is 13.7. The Morgan fingerprint density at radius 3 is 2.56 bits per heavy atom. The van der Waals surface area contributed by atoms with E-state index in [0.29, 0.717) is 31.0 Å². The van der Waals surface area contributed by atoms with E-state index in [4.69, 9.17) is 34.0 Å². The van der Waals surface area contributed by atoms with Crippen molar-refractivity contribution >= 4 is 41.0 Å². The topological polar surface area (TPSA) is 144 Å². The molecule has 0 spiro atoms. The van der Waals surface area contributed by atoms with Crippen molar-refractivity contribution in [1.82, 2.24) is 24.1 Å². The lowest BCUT2D eigenvalue weighted by molar-refractivity contribution is -0.258. The molecular formula is C27H23B3F3N7O3. The molecule has 3 N–H and O–H groups in total. The van der Waals surface area contributed by atoms with Gasteiger partial charge in [0.25, 0.3) is 0 Å². The van der Waals surface area contributed by atoms with E-state index in [2.05, 4.69) is 21.1 Å². The number of nitriles is 1. The average Bonchev–Trinajstić information content (AvgIpc) is 3.57. The summed E-state index contributed by atoms with van der Waals surface area (Å²) in [5, 5.41) is 22.3. The lowest BCUT2D eigenvalue weighted by atomic mass is 9.39. The number of nitrogen functional groups attached to an aromatic ring is 1. The molecule has 6 radical (unpaired) electrons. The molecule has 0 bridgehead atoms. The van der Waals surface area contributed by atoms with Crippen LogP contribution in [0.5, 0.6) is 0 Å². The van der Waals surface area contributed by atoms with E-state index in [-0.39, 0.29) is 46.6 Å². The van der Waals surface area contributed by atoms with Crippen molar-refractivity contribution in [1.29, 1.82) is 5.26 Å². The summed E-state index contributed by atoms with van der Waals surface area (Å²) < 4.78 is 49.0. The molecule has 4 aromatic rings. The number of halogens is 3.